The number of rotatable bonds is 5. The monoisotopic (exact) mass is 414 g/mol. The van der Waals surface area contributed by atoms with E-state index in [0.717, 1.165) is 56.3 Å². The Bertz CT molecular complexity index is 899. The molecule has 1 fully saturated rings. The van der Waals surface area contributed by atoms with Crippen LogP contribution in [0.25, 0.3) is 11.0 Å². The number of hydrogen-bond acceptors (Lipinski definition) is 4. The van der Waals surface area contributed by atoms with Crippen LogP contribution in [0.5, 0.6) is 0 Å². The molecule has 1 aliphatic rings. The highest BCUT2D eigenvalue weighted by molar-refractivity contribution is 5.80. The van der Waals surface area contributed by atoms with Crippen molar-refractivity contribution in [3.8, 4) is 0 Å². The Kier molecular flexibility index (Phi) is 6.84. The third-order valence-corrected chi connectivity index (χ3v) is 5.11. The fraction of sp³-hybridized carbons (Fsp3) is 0.591. The number of para-hydroxylation sites is 2. The van der Waals surface area contributed by atoms with Crippen LogP contribution in [-0.4, -0.2) is 64.8 Å². The molecule has 1 aromatic heterocycles. The van der Waals surface area contributed by atoms with E-state index in [-0.39, 0.29) is 12.1 Å². The van der Waals surface area contributed by atoms with E-state index < -0.39 is 5.60 Å². The van der Waals surface area contributed by atoms with Gasteiger partial charge in [0.05, 0.1) is 17.1 Å². The van der Waals surface area contributed by atoms with Gasteiger partial charge in [-0.3, -0.25) is 4.99 Å². The molecule has 2 aromatic rings. The summed E-state index contributed by atoms with van der Waals surface area (Å²) in [6, 6.07) is 8.30. The predicted molar refractivity (Wildman–Crippen MR) is 120 cm³/mol. The van der Waals surface area contributed by atoms with Gasteiger partial charge in [0.25, 0.3) is 0 Å². The molecule has 0 bridgehead atoms. The van der Waals surface area contributed by atoms with Crippen LogP contribution in [0.2, 0.25) is 0 Å². The quantitative estimate of drug-likeness (QED) is 0.447. The number of hydrogen-bond donors (Lipinski definition) is 2. The maximum absolute atomic E-state index is 12.0. The Morgan fingerprint density at radius 3 is 2.83 bits per heavy atom. The lowest BCUT2D eigenvalue weighted by molar-refractivity contribution is 0.0507. The van der Waals surface area contributed by atoms with Gasteiger partial charge in [0.15, 0.2) is 5.96 Å². The summed E-state index contributed by atoms with van der Waals surface area (Å²) in [5.74, 6) is 1.91. The van der Waals surface area contributed by atoms with Gasteiger partial charge >= 0.3 is 6.09 Å². The highest BCUT2D eigenvalue weighted by atomic mass is 16.6. The van der Waals surface area contributed by atoms with Gasteiger partial charge in [0.1, 0.15) is 11.4 Å². The largest absolute Gasteiger partial charge is 0.444 e. The second-order valence-electron chi connectivity index (χ2n) is 8.70. The Labute approximate surface area is 178 Å². The van der Waals surface area contributed by atoms with Crippen molar-refractivity contribution in [1.29, 1.82) is 0 Å². The number of likely N-dealkylation sites (tertiary alicyclic amines) is 1. The van der Waals surface area contributed by atoms with Crippen LogP contribution >= 0.6 is 0 Å². The number of aromatic nitrogens is 2. The summed E-state index contributed by atoms with van der Waals surface area (Å²) in [4.78, 5) is 23.2. The number of amides is 1. The normalized spacial score (nSPS) is 17.4. The lowest BCUT2D eigenvalue weighted by Crippen LogP contribution is -2.44. The molecule has 8 nitrogen and oxygen atoms in total. The van der Waals surface area contributed by atoms with Gasteiger partial charge in [0.2, 0.25) is 0 Å². The molecule has 0 aliphatic carbocycles. The van der Waals surface area contributed by atoms with E-state index in [9.17, 15) is 4.79 Å². The molecule has 1 aliphatic heterocycles. The van der Waals surface area contributed by atoms with Crippen molar-refractivity contribution in [2.45, 2.75) is 58.7 Å². The third kappa shape index (κ3) is 5.64. The van der Waals surface area contributed by atoms with E-state index in [1.54, 1.807) is 7.05 Å². The van der Waals surface area contributed by atoms with Gasteiger partial charge in [-0.2, -0.15) is 0 Å². The van der Waals surface area contributed by atoms with Gasteiger partial charge in [-0.15, -0.1) is 0 Å². The van der Waals surface area contributed by atoms with E-state index in [2.05, 4.69) is 42.2 Å². The number of aryl methyl sites for hydroxylation is 2. The lowest BCUT2D eigenvalue weighted by atomic mass is 10.2. The first kappa shape index (κ1) is 21.9. The molecule has 2 N–H and O–H groups in total. The zero-order valence-electron chi connectivity index (χ0n) is 18.7. The van der Waals surface area contributed by atoms with Crippen molar-refractivity contribution in [2.24, 2.45) is 4.99 Å². The maximum atomic E-state index is 12.0. The van der Waals surface area contributed by atoms with Crippen LogP contribution in [0.1, 0.15) is 39.4 Å². The third-order valence-electron chi connectivity index (χ3n) is 5.11. The van der Waals surface area contributed by atoms with Gasteiger partial charge in [-0.05, 0) is 52.7 Å². The van der Waals surface area contributed by atoms with Crippen LogP contribution in [0.4, 0.5) is 4.79 Å². The van der Waals surface area contributed by atoms with Gasteiger partial charge in [-0.25, -0.2) is 9.78 Å². The second kappa shape index (κ2) is 9.36. The maximum Gasteiger partial charge on any atom is 0.407 e. The Hall–Kier alpha value is -2.77. The van der Waals surface area contributed by atoms with Crippen LogP contribution in [-0.2, 0) is 11.3 Å². The number of nitrogens with one attached hydrogen (secondary N) is 2. The molecule has 8 heteroatoms. The first-order valence-electron chi connectivity index (χ1n) is 10.6. The molecule has 30 heavy (non-hydrogen) atoms. The Morgan fingerprint density at radius 1 is 1.33 bits per heavy atom. The summed E-state index contributed by atoms with van der Waals surface area (Å²) in [6.45, 7) is 11.0. The summed E-state index contributed by atoms with van der Waals surface area (Å²) in [6.07, 6.45) is 1.48. The number of guanidine groups is 1. The molecule has 1 atom stereocenters. The van der Waals surface area contributed by atoms with Crippen molar-refractivity contribution in [1.82, 2.24) is 25.1 Å². The van der Waals surface area contributed by atoms with E-state index in [4.69, 9.17) is 4.74 Å². The molecular weight excluding hydrogens is 380 g/mol. The molecule has 0 saturated carbocycles. The van der Waals surface area contributed by atoms with E-state index in [0.29, 0.717) is 0 Å². The van der Waals surface area contributed by atoms with Crippen LogP contribution in [0.3, 0.4) is 0 Å². The number of aliphatic imine (C=N–C) groups is 1. The number of carbonyl (C=O) groups is 1. The molecule has 1 aromatic carbocycles. The molecule has 0 radical (unpaired) electrons. The topological polar surface area (TPSA) is 83.8 Å². The zero-order chi connectivity index (χ0) is 21.7. The molecule has 164 valence electrons. The average molecular weight is 415 g/mol. The van der Waals surface area contributed by atoms with E-state index >= 15 is 0 Å². The molecule has 1 amide bonds. The minimum atomic E-state index is -0.487. The summed E-state index contributed by atoms with van der Waals surface area (Å²) >= 11 is 0. The van der Waals surface area contributed by atoms with Crippen LogP contribution in [0, 0.1) is 6.92 Å². The van der Waals surface area contributed by atoms with Crippen molar-refractivity contribution in [2.75, 3.05) is 26.7 Å². The SMILES string of the molecule is CN=C(NCCCn1c(C)nc2ccccc21)N1CCC(NC(=O)OC(C)(C)C)C1. The standard InChI is InChI=1S/C22H34N6O2/c1-16-25-18-9-6-7-10-19(18)28(16)13-8-12-24-20(23-5)27-14-11-17(15-27)26-21(29)30-22(2,3)4/h6-7,9-10,17H,8,11-15H2,1-5H3,(H,23,24)(H,26,29). The Balaban J connectivity index is 1.45. The highest BCUT2D eigenvalue weighted by Crippen LogP contribution is 2.16. The van der Waals surface area contributed by atoms with Gasteiger partial charge in [-0.1, -0.05) is 12.1 Å². The fourth-order valence-corrected chi connectivity index (χ4v) is 3.79. The minimum absolute atomic E-state index is 0.0679. The molecule has 1 saturated heterocycles. The lowest BCUT2D eigenvalue weighted by Gasteiger charge is -2.23. The molecule has 3 rings (SSSR count). The molecular formula is C22H34N6O2. The second-order valence-corrected chi connectivity index (χ2v) is 8.70. The highest BCUT2D eigenvalue weighted by Gasteiger charge is 2.27. The minimum Gasteiger partial charge on any atom is -0.444 e. The van der Waals surface area contributed by atoms with Crippen molar-refractivity contribution >= 4 is 23.1 Å². The Morgan fingerprint density at radius 2 is 2.10 bits per heavy atom. The van der Waals surface area contributed by atoms with Gasteiger partial charge in [0, 0.05) is 33.2 Å². The molecule has 2 heterocycles. The number of nitrogens with zero attached hydrogens (tertiary/aromatic N) is 4. The first-order chi connectivity index (χ1) is 14.3. The summed E-state index contributed by atoms with van der Waals surface area (Å²) in [7, 11) is 1.80. The van der Waals surface area contributed by atoms with E-state index in [1.807, 2.05) is 39.8 Å². The van der Waals surface area contributed by atoms with Gasteiger partial charge < -0.3 is 24.8 Å². The molecule has 1 unspecified atom stereocenters. The average Bonchev–Trinajstić information content (AvgIpc) is 3.24. The smallest absolute Gasteiger partial charge is 0.407 e. The van der Waals surface area contributed by atoms with Crippen molar-refractivity contribution < 1.29 is 9.53 Å². The van der Waals surface area contributed by atoms with Crippen LogP contribution < -0.4 is 10.6 Å². The summed E-state index contributed by atoms with van der Waals surface area (Å²) in [5.41, 5.74) is 1.73. The number of fused-ring (bicyclic) bond motifs is 1. The number of imidazole rings is 1. The van der Waals surface area contributed by atoms with Crippen molar-refractivity contribution in [3.05, 3.63) is 30.1 Å². The predicted octanol–water partition coefficient (Wildman–Crippen LogP) is 2.91. The fourth-order valence-electron chi connectivity index (χ4n) is 3.79. The number of carbonyl (C=O) groups excluding carboxylic acids is 1. The van der Waals surface area contributed by atoms with Crippen LogP contribution in [0.15, 0.2) is 29.3 Å². The van der Waals surface area contributed by atoms with E-state index in [1.165, 1.54) is 5.52 Å². The summed E-state index contributed by atoms with van der Waals surface area (Å²) in [5, 5.41) is 6.41. The number of benzene rings is 1. The van der Waals surface area contributed by atoms with Crippen molar-refractivity contribution in [3.63, 3.8) is 0 Å². The number of ether oxygens (including phenoxy) is 1. The number of alkyl carbamates (subject to hydrolysis) is 1. The molecule has 0 spiro atoms. The zero-order valence-corrected chi connectivity index (χ0v) is 18.7. The summed E-state index contributed by atoms with van der Waals surface area (Å²) < 4.78 is 7.62. The first-order valence-corrected chi connectivity index (χ1v) is 10.6.